The van der Waals surface area contributed by atoms with Crippen molar-refractivity contribution in [2.75, 3.05) is 0 Å². The molecule has 55 heavy (non-hydrogen) atoms. The molecule has 2 nitrogen and oxygen atoms in total. The van der Waals surface area contributed by atoms with Gasteiger partial charge in [-0.3, -0.25) is 0 Å². The largest absolute Gasteiger partial charge is 0.228 e. The summed E-state index contributed by atoms with van der Waals surface area (Å²) >= 11 is 1.88. The first-order valence-electron chi connectivity index (χ1n) is 19.5. The number of nitrogens with zero attached hydrogens (tertiary/aromatic N) is 2. The van der Waals surface area contributed by atoms with Crippen LogP contribution in [-0.2, 0) is 5.41 Å². The minimum Gasteiger partial charge on any atom is -0.228 e. The zero-order valence-electron chi connectivity index (χ0n) is 30.5. The fourth-order valence-corrected chi connectivity index (χ4v) is 10.7. The summed E-state index contributed by atoms with van der Waals surface area (Å²) in [6.45, 7) is 0. The molecule has 2 heterocycles. The molecule has 3 heteroatoms. The number of hydrogen-bond donors (Lipinski definition) is 0. The highest BCUT2D eigenvalue weighted by atomic mass is 32.1. The van der Waals surface area contributed by atoms with Gasteiger partial charge in [-0.05, 0) is 75.5 Å². The molecule has 7 aromatic carbocycles. The molecule has 262 valence electrons. The van der Waals surface area contributed by atoms with Crippen LogP contribution in [0.3, 0.4) is 0 Å². The van der Waals surface area contributed by atoms with E-state index in [0.29, 0.717) is 0 Å². The smallest absolute Gasteiger partial charge is 0.160 e. The zero-order valence-corrected chi connectivity index (χ0v) is 31.3. The number of fused-ring (bicyclic) bond motifs is 8. The molecule has 1 saturated carbocycles. The van der Waals surface area contributed by atoms with Crippen molar-refractivity contribution in [1.82, 2.24) is 9.97 Å². The highest BCUT2D eigenvalue weighted by Gasteiger charge is 2.45. The van der Waals surface area contributed by atoms with Gasteiger partial charge in [-0.25, -0.2) is 9.97 Å². The van der Waals surface area contributed by atoms with Crippen LogP contribution in [0.4, 0.5) is 0 Å². The van der Waals surface area contributed by atoms with E-state index in [1.54, 1.807) is 11.1 Å². The lowest BCUT2D eigenvalue weighted by atomic mass is 9.66. The minimum atomic E-state index is 0.115. The van der Waals surface area contributed by atoms with Crippen molar-refractivity contribution in [3.63, 3.8) is 0 Å². The van der Waals surface area contributed by atoms with Crippen LogP contribution in [0.5, 0.6) is 0 Å². The van der Waals surface area contributed by atoms with E-state index < -0.39 is 0 Å². The van der Waals surface area contributed by atoms with Crippen molar-refractivity contribution in [2.24, 2.45) is 0 Å². The van der Waals surface area contributed by atoms with Gasteiger partial charge in [0.25, 0.3) is 0 Å². The second-order valence-corrected chi connectivity index (χ2v) is 16.3. The van der Waals surface area contributed by atoms with Crippen LogP contribution in [0, 0.1) is 0 Å². The molecule has 2 aliphatic rings. The molecular formula is C52H38N2S. The monoisotopic (exact) mass is 722 g/mol. The molecule has 11 rings (SSSR count). The van der Waals surface area contributed by atoms with Crippen molar-refractivity contribution >= 4 is 31.5 Å². The van der Waals surface area contributed by atoms with Gasteiger partial charge in [0.1, 0.15) is 0 Å². The molecule has 0 atom stereocenters. The molecule has 2 aromatic heterocycles. The Morgan fingerprint density at radius 1 is 0.400 bits per heavy atom. The Kier molecular flexibility index (Phi) is 7.63. The van der Waals surface area contributed by atoms with Crippen LogP contribution in [0.15, 0.2) is 170 Å². The fourth-order valence-electron chi connectivity index (χ4n) is 9.50. The van der Waals surface area contributed by atoms with Crippen molar-refractivity contribution in [3.8, 4) is 67.3 Å². The lowest BCUT2D eigenvalue weighted by Gasteiger charge is -2.37. The summed E-state index contributed by atoms with van der Waals surface area (Å²) in [4.78, 5) is 10.3. The van der Waals surface area contributed by atoms with Gasteiger partial charge in [0.05, 0.1) is 11.4 Å². The van der Waals surface area contributed by atoms with Crippen molar-refractivity contribution in [3.05, 3.63) is 181 Å². The maximum Gasteiger partial charge on any atom is 0.160 e. The predicted octanol–water partition coefficient (Wildman–Crippen LogP) is 14.4. The maximum atomic E-state index is 5.16. The van der Waals surface area contributed by atoms with Crippen LogP contribution in [0.2, 0.25) is 0 Å². The Morgan fingerprint density at radius 2 is 0.945 bits per heavy atom. The average molecular weight is 723 g/mol. The van der Waals surface area contributed by atoms with E-state index in [1.165, 1.54) is 85.7 Å². The molecular weight excluding hydrogens is 685 g/mol. The first-order valence-corrected chi connectivity index (χ1v) is 20.3. The number of benzene rings is 7. The van der Waals surface area contributed by atoms with Crippen LogP contribution in [0.25, 0.3) is 87.5 Å². The Bertz CT molecular complexity index is 2880. The van der Waals surface area contributed by atoms with Gasteiger partial charge in [0.2, 0.25) is 0 Å². The number of hydrogen-bond acceptors (Lipinski definition) is 3. The molecule has 0 saturated heterocycles. The van der Waals surface area contributed by atoms with E-state index in [-0.39, 0.29) is 5.41 Å². The Hall–Kier alpha value is -6.16. The third-order valence-electron chi connectivity index (χ3n) is 12.1. The van der Waals surface area contributed by atoms with Gasteiger partial charge < -0.3 is 0 Å². The summed E-state index contributed by atoms with van der Waals surface area (Å²) in [7, 11) is 0. The van der Waals surface area contributed by atoms with Gasteiger partial charge in [0.15, 0.2) is 5.82 Å². The SMILES string of the molecule is c1ccc(-c2ccc(-c3cc(-c4ccc5c(c4)sc4cc(-c6cccc7c6C6(CCCCC6)c6ccccc6-7)ccc45)nc(-c4ccccc4)n3)cc2)cc1. The second kappa shape index (κ2) is 13.0. The second-order valence-electron chi connectivity index (χ2n) is 15.2. The third-order valence-corrected chi connectivity index (χ3v) is 13.2. The molecule has 0 radical (unpaired) electrons. The molecule has 1 fully saturated rings. The third kappa shape index (κ3) is 5.37. The van der Waals surface area contributed by atoms with E-state index in [1.807, 2.05) is 17.4 Å². The highest BCUT2D eigenvalue weighted by Crippen LogP contribution is 2.58. The molecule has 0 aliphatic heterocycles. The van der Waals surface area contributed by atoms with E-state index in [9.17, 15) is 0 Å². The van der Waals surface area contributed by atoms with Gasteiger partial charge >= 0.3 is 0 Å². The summed E-state index contributed by atoms with van der Waals surface area (Å²) in [5.74, 6) is 0.731. The summed E-state index contributed by atoms with van der Waals surface area (Å²) in [5, 5.41) is 2.60. The number of aromatic nitrogens is 2. The number of rotatable bonds is 5. The van der Waals surface area contributed by atoms with Gasteiger partial charge in [-0.1, -0.05) is 171 Å². The molecule has 9 aromatic rings. The molecule has 0 unspecified atom stereocenters. The number of thiophene rings is 1. The Balaban J connectivity index is 1.00. The average Bonchev–Trinajstić information content (AvgIpc) is 3.76. The quantitative estimate of drug-likeness (QED) is 0.177. The molecule has 2 aliphatic carbocycles. The first kappa shape index (κ1) is 32.3. The molecule has 0 N–H and O–H groups in total. The van der Waals surface area contributed by atoms with Crippen molar-refractivity contribution < 1.29 is 0 Å². The maximum absolute atomic E-state index is 5.16. The van der Waals surface area contributed by atoms with Crippen LogP contribution >= 0.6 is 11.3 Å². The summed E-state index contributed by atoms with van der Waals surface area (Å²) < 4.78 is 2.59. The lowest BCUT2D eigenvalue weighted by Crippen LogP contribution is -2.28. The normalized spacial score (nSPS) is 14.3. The predicted molar refractivity (Wildman–Crippen MR) is 231 cm³/mol. The summed E-state index contributed by atoms with van der Waals surface area (Å²) in [6.07, 6.45) is 6.39. The molecule has 0 amide bonds. The fraction of sp³-hybridized carbons (Fsp3) is 0.115. The lowest BCUT2D eigenvalue weighted by molar-refractivity contribution is 0.353. The van der Waals surface area contributed by atoms with Crippen LogP contribution in [-0.4, -0.2) is 9.97 Å². The zero-order chi connectivity index (χ0) is 36.3. The van der Waals surface area contributed by atoms with Crippen LogP contribution in [0.1, 0.15) is 43.2 Å². The van der Waals surface area contributed by atoms with Crippen molar-refractivity contribution in [2.45, 2.75) is 37.5 Å². The summed E-state index contributed by atoms with van der Waals surface area (Å²) in [6, 6.07) is 61.9. The standard InChI is InChI=1S/C52H38N2S/c1-4-13-34(14-5-1)35-21-23-36(24-22-35)46-33-47(54-51(53-46)37-15-6-2-7-16-37)39-26-28-43-42-27-25-38(31-48(42)55-49(43)32-39)40-18-12-19-44-41-17-8-9-20-45(41)52(50(40)44)29-10-3-11-30-52/h1-2,4-9,12-28,31-33H,3,10-11,29-30H2. The first-order chi connectivity index (χ1) is 27.2. The van der Waals surface area contributed by atoms with E-state index in [4.69, 9.17) is 9.97 Å². The molecule has 0 bridgehead atoms. The Labute approximate surface area is 325 Å². The molecule has 1 spiro atoms. The van der Waals surface area contributed by atoms with Crippen molar-refractivity contribution in [1.29, 1.82) is 0 Å². The van der Waals surface area contributed by atoms with Crippen LogP contribution < -0.4 is 0 Å². The summed E-state index contributed by atoms with van der Waals surface area (Å²) in [5.41, 5.74) is 16.2. The van der Waals surface area contributed by atoms with E-state index in [2.05, 4.69) is 164 Å². The van der Waals surface area contributed by atoms with E-state index in [0.717, 1.165) is 33.9 Å². The highest BCUT2D eigenvalue weighted by molar-refractivity contribution is 7.25. The Morgan fingerprint density at radius 3 is 1.69 bits per heavy atom. The van der Waals surface area contributed by atoms with Gasteiger partial charge in [-0.2, -0.15) is 0 Å². The van der Waals surface area contributed by atoms with E-state index >= 15 is 0 Å². The topological polar surface area (TPSA) is 25.8 Å². The van der Waals surface area contributed by atoms with Gasteiger partial charge in [0, 0.05) is 42.3 Å². The van der Waals surface area contributed by atoms with Gasteiger partial charge in [-0.15, -0.1) is 11.3 Å². The minimum absolute atomic E-state index is 0.115.